The summed E-state index contributed by atoms with van der Waals surface area (Å²) < 4.78 is 1.06. The van der Waals surface area contributed by atoms with E-state index in [-0.39, 0.29) is 0 Å². The molecule has 1 heterocycles. The maximum Gasteiger partial charge on any atom is 0.116 e. The molecule has 0 spiro atoms. The Labute approximate surface area is 165 Å². The summed E-state index contributed by atoms with van der Waals surface area (Å²) in [5.41, 5.74) is 5.35. The van der Waals surface area contributed by atoms with Crippen LogP contribution in [0.2, 0.25) is 0 Å². The Morgan fingerprint density at radius 3 is 2.15 bits per heavy atom. The summed E-state index contributed by atoms with van der Waals surface area (Å²) in [6, 6.07) is 29.6. The van der Waals surface area contributed by atoms with Crippen LogP contribution in [-0.2, 0) is 0 Å². The van der Waals surface area contributed by atoms with Gasteiger partial charge in [0.25, 0.3) is 0 Å². The minimum Gasteiger partial charge on any atom is -0.236 e. The van der Waals surface area contributed by atoms with Crippen molar-refractivity contribution in [3.63, 3.8) is 0 Å². The van der Waals surface area contributed by atoms with Crippen molar-refractivity contribution in [2.24, 2.45) is 0 Å². The fourth-order valence-electron chi connectivity index (χ4n) is 3.44. The average molecular weight is 411 g/mol. The second kappa shape index (κ2) is 6.60. The lowest BCUT2D eigenvalue weighted by molar-refractivity contribution is 1.22. The molecule has 27 heavy (non-hydrogen) atoms. The molecule has 0 amide bonds. The number of hydrogen-bond donors (Lipinski definition) is 0. The maximum absolute atomic E-state index is 4.52. The quantitative estimate of drug-likeness (QED) is 0.316. The highest BCUT2D eigenvalue weighted by atomic mass is 79.9. The van der Waals surface area contributed by atoms with E-state index in [0.29, 0.717) is 0 Å². The van der Waals surface area contributed by atoms with Crippen molar-refractivity contribution in [1.82, 2.24) is 9.97 Å². The average Bonchev–Trinajstić information content (AvgIpc) is 2.73. The summed E-state index contributed by atoms with van der Waals surface area (Å²) >= 11 is 3.49. The molecular weight excluding hydrogens is 396 g/mol. The number of fused-ring (bicyclic) bond motifs is 2. The Balaban J connectivity index is 1.64. The minimum absolute atomic E-state index is 0.952. The second-order valence-electron chi connectivity index (χ2n) is 6.52. The summed E-state index contributed by atoms with van der Waals surface area (Å²) in [5.74, 6) is 0. The molecule has 0 radical (unpaired) electrons. The summed E-state index contributed by atoms with van der Waals surface area (Å²) in [5, 5.41) is 3.56. The van der Waals surface area contributed by atoms with Gasteiger partial charge in [-0.05, 0) is 52.2 Å². The van der Waals surface area contributed by atoms with Crippen LogP contribution in [0.5, 0.6) is 0 Å². The molecule has 0 atom stereocenters. The number of hydrogen-bond acceptors (Lipinski definition) is 2. The predicted octanol–water partition coefficient (Wildman–Crippen LogP) is 6.88. The maximum atomic E-state index is 4.52. The molecule has 5 rings (SSSR count). The lowest BCUT2D eigenvalue weighted by Gasteiger charge is -2.08. The molecule has 0 aliphatic heterocycles. The van der Waals surface area contributed by atoms with Gasteiger partial charge in [0.1, 0.15) is 6.33 Å². The van der Waals surface area contributed by atoms with Gasteiger partial charge in [0, 0.05) is 15.4 Å². The van der Waals surface area contributed by atoms with Gasteiger partial charge in [-0.2, -0.15) is 0 Å². The highest BCUT2D eigenvalue weighted by Crippen LogP contribution is 2.31. The molecule has 0 unspecified atom stereocenters. The number of nitrogens with zero attached hydrogens (tertiary/aromatic N) is 2. The van der Waals surface area contributed by atoms with E-state index >= 15 is 0 Å². The van der Waals surface area contributed by atoms with Crippen LogP contribution in [0.4, 0.5) is 0 Å². The molecule has 0 saturated carbocycles. The van der Waals surface area contributed by atoms with Gasteiger partial charge in [0.05, 0.1) is 11.2 Å². The van der Waals surface area contributed by atoms with Crippen LogP contribution in [0.3, 0.4) is 0 Å². The lowest BCUT2D eigenvalue weighted by Crippen LogP contribution is -1.90. The molecule has 1 aromatic heterocycles. The molecule has 0 aliphatic carbocycles. The number of halogens is 1. The zero-order valence-corrected chi connectivity index (χ0v) is 16.0. The Morgan fingerprint density at radius 1 is 0.593 bits per heavy atom. The van der Waals surface area contributed by atoms with Crippen LogP contribution in [0, 0.1) is 0 Å². The normalized spacial score (nSPS) is 11.1. The Hall–Kier alpha value is -3.04. The molecule has 0 N–H and O–H groups in total. The predicted molar refractivity (Wildman–Crippen MR) is 116 cm³/mol. The van der Waals surface area contributed by atoms with Gasteiger partial charge in [-0.3, -0.25) is 0 Å². The zero-order valence-electron chi connectivity index (χ0n) is 14.4. The van der Waals surface area contributed by atoms with E-state index in [4.69, 9.17) is 0 Å². The smallest absolute Gasteiger partial charge is 0.116 e. The molecule has 0 bridgehead atoms. The monoisotopic (exact) mass is 410 g/mol. The first-order valence-corrected chi connectivity index (χ1v) is 9.57. The van der Waals surface area contributed by atoms with E-state index in [1.165, 1.54) is 16.3 Å². The third-order valence-corrected chi connectivity index (χ3v) is 5.37. The fraction of sp³-hybridized carbons (Fsp3) is 0. The van der Waals surface area contributed by atoms with Gasteiger partial charge in [-0.1, -0.05) is 70.5 Å². The van der Waals surface area contributed by atoms with Gasteiger partial charge in [0.15, 0.2) is 0 Å². The Morgan fingerprint density at radius 2 is 1.30 bits per heavy atom. The largest absolute Gasteiger partial charge is 0.236 e. The molecule has 4 aromatic carbocycles. The van der Waals surface area contributed by atoms with E-state index < -0.39 is 0 Å². The van der Waals surface area contributed by atoms with Gasteiger partial charge in [0.2, 0.25) is 0 Å². The first-order valence-electron chi connectivity index (χ1n) is 8.78. The standard InChI is InChI=1S/C24H15BrN2/c25-21-10-7-17(8-11-21)24-22-12-9-20(14-23(22)26-15-27-24)19-6-5-16-3-1-2-4-18(16)13-19/h1-15H. The molecule has 2 nitrogen and oxygen atoms in total. The van der Waals surface area contributed by atoms with Crippen LogP contribution in [0.1, 0.15) is 0 Å². The molecule has 128 valence electrons. The first-order chi connectivity index (χ1) is 13.3. The minimum atomic E-state index is 0.952. The third kappa shape index (κ3) is 3.00. The summed E-state index contributed by atoms with van der Waals surface area (Å²) in [4.78, 5) is 9.04. The van der Waals surface area contributed by atoms with Crippen molar-refractivity contribution in [2.75, 3.05) is 0 Å². The van der Waals surface area contributed by atoms with Crippen LogP contribution >= 0.6 is 15.9 Å². The van der Waals surface area contributed by atoms with E-state index in [1.807, 2.05) is 12.1 Å². The van der Waals surface area contributed by atoms with Gasteiger partial charge >= 0.3 is 0 Å². The second-order valence-corrected chi connectivity index (χ2v) is 7.44. The number of rotatable bonds is 2. The van der Waals surface area contributed by atoms with Gasteiger partial charge in [-0.15, -0.1) is 0 Å². The van der Waals surface area contributed by atoms with E-state index in [0.717, 1.165) is 32.2 Å². The van der Waals surface area contributed by atoms with Crippen molar-refractivity contribution in [3.8, 4) is 22.4 Å². The van der Waals surface area contributed by atoms with Crippen molar-refractivity contribution in [2.45, 2.75) is 0 Å². The SMILES string of the molecule is Brc1ccc(-c2ncnc3cc(-c4ccc5ccccc5c4)ccc23)cc1. The Bertz CT molecular complexity index is 1280. The topological polar surface area (TPSA) is 25.8 Å². The highest BCUT2D eigenvalue weighted by molar-refractivity contribution is 9.10. The van der Waals surface area contributed by atoms with Crippen molar-refractivity contribution < 1.29 is 0 Å². The lowest BCUT2D eigenvalue weighted by atomic mass is 9.99. The van der Waals surface area contributed by atoms with Crippen LogP contribution in [0.25, 0.3) is 44.1 Å². The third-order valence-electron chi connectivity index (χ3n) is 4.84. The number of benzene rings is 4. The molecule has 3 heteroatoms. The fourth-order valence-corrected chi connectivity index (χ4v) is 3.71. The van der Waals surface area contributed by atoms with Crippen molar-refractivity contribution >= 4 is 37.6 Å². The van der Waals surface area contributed by atoms with E-state index in [1.54, 1.807) is 6.33 Å². The number of aromatic nitrogens is 2. The molecule has 5 aromatic rings. The Kier molecular flexibility index (Phi) is 3.95. The summed E-state index contributed by atoms with van der Waals surface area (Å²) in [6.07, 6.45) is 1.64. The molecule has 0 aliphatic rings. The van der Waals surface area contributed by atoms with Crippen LogP contribution in [0.15, 0.2) is 95.7 Å². The van der Waals surface area contributed by atoms with Crippen molar-refractivity contribution in [1.29, 1.82) is 0 Å². The molecular formula is C24H15BrN2. The first kappa shape index (κ1) is 16.2. The highest BCUT2D eigenvalue weighted by Gasteiger charge is 2.08. The van der Waals surface area contributed by atoms with E-state index in [2.05, 4.69) is 98.7 Å². The summed E-state index contributed by atoms with van der Waals surface area (Å²) in [6.45, 7) is 0. The van der Waals surface area contributed by atoms with E-state index in [9.17, 15) is 0 Å². The van der Waals surface area contributed by atoms with Gasteiger partial charge in [-0.25, -0.2) is 9.97 Å². The zero-order chi connectivity index (χ0) is 18.2. The molecule has 0 fully saturated rings. The van der Waals surface area contributed by atoms with Crippen molar-refractivity contribution in [3.05, 3.63) is 95.7 Å². The molecule has 0 saturated heterocycles. The van der Waals surface area contributed by atoms with Gasteiger partial charge < -0.3 is 0 Å². The van der Waals surface area contributed by atoms with Crippen LogP contribution in [-0.4, -0.2) is 9.97 Å². The summed E-state index contributed by atoms with van der Waals surface area (Å²) in [7, 11) is 0. The van der Waals surface area contributed by atoms with Crippen LogP contribution < -0.4 is 0 Å².